The second-order valence-electron chi connectivity index (χ2n) is 4.63. The molecular weight excluding hydrogens is 288 g/mol. The second-order valence-corrected chi connectivity index (χ2v) is 5.81. The number of halogens is 2. The van der Waals surface area contributed by atoms with Crippen LogP contribution in [0.2, 0.25) is 0 Å². The molecule has 1 aliphatic carbocycles. The van der Waals surface area contributed by atoms with Gasteiger partial charge in [0.2, 0.25) is 0 Å². The van der Waals surface area contributed by atoms with Gasteiger partial charge in [-0.3, -0.25) is 0 Å². The van der Waals surface area contributed by atoms with Gasteiger partial charge in [-0.05, 0) is 38.0 Å². The van der Waals surface area contributed by atoms with E-state index in [2.05, 4.69) is 38.5 Å². The molecular formula is C12H12BrClN2. The normalized spacial score (nSPS) is 17.9. The fourth-order valence-electron chi connectivity index (χ4n) is 2.19. The van der Waals surface area contributed by atoms with Crippen molar-refractivity contribution < 1.29 is 0 Å². The zero-order chi connectivity index (χ0) is 11.3. The van der Waals surface area contributed by atoms with Crippen LogP contribution in [0, 0.1) is 0 Å². The number of fused-ring (bicyclic) bond motifs is 1. The van der Waals surface area contributed by atoms with E-state index in [0.29, 0.717) is 5.88 Å². The molecule has 0 amide bonds. The van der Waals surface area contributed by atoms with Crippen molar-refractivity contribution in [3.63, 3.8) is 0 Å². The molecule has 4 heteroatoms. The molecule has 1 aliphatic rings. The van der Waals surface area contributed by atoms with Crippen LogP contribution >= 0.6 is 27.5 Å². The lowest BCUT2D eigenvalue weighted by Gasteiger charge is -2.15. The molecule has 2 aromatic rings. The number of benzene rings is 1. The van der Waals surface area contributed by atoms with Gasteiger partial charge in [0.25, 0.3) is 0 Å². The molecule has 3 rings (SSSR count). The molecule has 16 heavy (non-hydrogen) atoms. The van der Waals surface area contributed by atoms with Crippen molar-refractivity contribution >= 4 is 38.6 Å². The van der Waals surface area contributed by atoms with E-state index >= 15 is 0 Å². The number of rotatable bonds is 2. The van der Waals surface area contributed by atoms with Crippen molar-refractivity contribution in [1.82, 2.24) is 9.55 Å². The summed E-state index contributed by atoms with van der Waals surface area (Å²) in [7, 11) is 0. The predicted octanol–water partition coefficient (Wildman–Crippen LogP) is 4.05. The Bertz CT molecular complexity index is 557. The Hall–Kier alpha value is -0.540. The Labute approximate surface area is 108 Å². The summed E-state index contributed by atoms with van der Waals surface area (Å²) >= 11 is 9.49. The molecule has 2 nitrogen and oxygen atoms in total. The van der Waals surface area contributed by atoms with Crippen LogP contribution in [-0.4, -0.2) is 9.55 Å². The third kappa shape index (κ3) is 1.49. The van der Waals surface area contributed by atoms with Crippen LogP contribution in [-0.2, 0) is 11.4 Å². The van der Waals surface area contributed by atoms with Crippen LogP contribution in [0.5, 0.6) is 0 Å². The summed E-state index contributed by atoms with van der Waals surface area (Å²) in [6.45, 7) is 2.27. The van der Waals surface area contributed by atoms with Gasteiger partial charge >= 0.3 is 0 Å². The minimum atomic E-state index is 0.236. The molecule has 1 heterocycles. The molecule has 1 saturated carbocycles. The smallest absolute Gasteiger partial charge is 0.125 e. The first-order chi connectivity index (χ1) is 7.64. The van der Waals surface area contributed by atoms with Gasteiger partial charge in [-0.2, -0.15) is 0 Å². The maximum absolute atomic E-state index is 5.98. The lowest BCUT2D eigenvalue weighted by atomic mass is 10.2. The molecule has 0 bridgehead atoms. The lowest BCUT2D eigenvalue weighted by molar-refractivity contribution is 0.531. The van der Waals surface area contributed by atoms with Gasteiger partial charge in [-0.1, -0.05) is 15.9 Å². The van der Waals surface area contributed by atoms with Gasteiger partial charge in [0.15, 0.2) is 0 Å². The van der Waals surface area contributed by atoms with E-state index in [1.54, 1.807) is 0 Å². The molecule has 0 spiro atoms. The number of alkyl halides is 1. The van der Waals surface area contributed by atoms with E-state index in [-0.39, 0.29) is 5.54 Å². The molecule has 1 aromatic carbocycles. The van der Waals surface area contributed by atoms with E-state index < -0.39 is 0 Å². The van der Waals surface area contributed by atoms with Gasteiger partial charge in [-0.25, -0.2) is 4.98 Å². The highest BCUT2D eigenvalue weighted by Crippen LogP contribution is 2.46. The second kappa shape index (κ2) is 3.47. The number of imidazole rings is 1. The van der Waals surface area contributed by atoms with Crippen LogP contribution in [0.25, 0.3) is 11.0 Å². The Kier molecular flexibility index (Phi) is 2.30. The number of nitrogens with zero attached hydrogens (tertiary/aromatic N) is 2. The van der Waals surface area contributed by atoms with Crippen molar-refractivity contribution in [1.29, 1.82) is 0 Å². The molecule has 0 radical (unpaired) electrons. The van der Waals surface area contributed by atoms with Crippen LogP contribution in [0.3, 0.4) is 0 Å². The summed E-state index contributed by atoms with van der Waals surface area (Å²) in [6, 6.07) is 6.19. The summed E-state index contributed by atoms with van der Waals surface area (Å²) in [6.07, 6.45) is 2.43. The zero-order valence-corrected chi connectivity index (χ0v) is 11.3. The van der Waals surface area contributed by atoms with Crippen LogP contribution in [0.4, 0.5) is 0 Å². The molecule has 0 atom stereocenters. The molecule has 1 fully saturated rings. The first-order valence-corrected chi connectivity index (χ1v) is 6.70. The third-order valence-electron chi connectivity index (χ3n) is 3.32. The van der Waals surface area contributed by atoms with E-state index in [4.69, 9.17) is 11.6 Å². The predicted molar refractivity (Wildman–Crippen MR) is 69.9 cm³/mol. The lowest BCUT2D eigenvalue weighted by Crippen LogP contribution is -2.14. The maximum Gasteiger partial charge on any atom is 0.125 e. The zero-order valence-electron chi connectivity index (χ0n) is 9.00. The number of aromatic nitrogens is 2. The number of hydrogen-bond acceptors (Lipinski definition) is 1. The van der Waals surface area contributed by atoms with E-state index in [0.717, 1.165) is 15.8 Å². The fourth-order valence-corrected chi connectivity index (χ4v) is 2.72. The highest BCUT2D eigenvalue weighted by molar-refractivity contribution is 9.10. The average Bonchev–Trinajstić information content (AvgIpc) is 2.89. The minimum absolute atomic E-state index is 0.236. The minimum Gasteiger partial charge on any atom is -0.321 e. The Morgan fingerprint density at radius 2 is 2.25 bits per heavy atom. The van der Waals surface area contributed by atoms with Crippen LogP contribution in [0.15, 0.2) is 22.7 Å². The van der Waals surface area contributed by atoms with Gasteiger partial charge in [0, 0.05) is 10.0 Å². The quantitative estimate of drug-likeness (QED) is 0.765. The summed E-state index contributed by atoms with van der Waals surface area (Å²) in [4.78, 5) is 4.59. The van der Waals surface area contributed by atoms with Crippen LogP contribution in [0.1, 0.15) is 25.6 Å². The van der Waals surface area contributed by atoms with Crippen molar-refractivity contribution in [3.8, 4) is 0 Å². The molecule has 0 aliphatic heterocycles. The van der Waals surface area contributed by atoms with E-state index in [9.17, 15) is 0 Å². The Morgan fingerprint density at radius 3 is 2.88 bits per heavy atom. The van der Waals surface area contributed by atoms with Crippen molar-refractivity contribution in [2.45, 2.75) is 31.2 Å². The molecule has 84 valence electrons. The molecule has 0 saturated heterocycles. The summed E-state index contributed by atoms with van der Waals surface area (Å²) < 4.78 is 3.40. The SMILES string of the molecule is CC1(n2c(CCl)nc3ccc(Br)cc32)CC1. The average molecular weight is 300 g/mol. The topological polar surface area (TPSA) is 17.8 Å². The van der Waals surface area contributed by atoms with E-state index in [1.165, 1.54) is 18.4 Å². The van der Waals surface area contributed by atoms with Crippen molar-refractivity contribution in [2.75, 3.05) is 0 Å². The summed E-state index contributed by atoms with van der Waals surface area (Å²) in [5.41, 5.74) is 2.46. The first kappa shape index (κ1) is 10.6. The third-order valence-corrected chi connectivity index (χ3v) is 4.05. The molecule has 0 unspecified atom stereocenters. The first-order valence-electron chi connectivity index (χ1n) is 5.37. The number of hydrogen-bond donors (Lipinski definition) is 0. The van der Waals surface area contributed by atoms with Gasteiger partial charge in [-0.15, -0.1) is 11.6 Å². The van der Waals surface area contributed by atoms with Crippen LogP contribution < -0.4 is 0 Å². The molecule has 0 N–H and O–H groups in total. The monoisotopic (exact) mass is 298 g/mol. The molecule has 1 aromatic heterocycles. The summed E-state index contributed by atoms with van der Waals surface area (Å²) in [5, 5.41) is 0. The summed E-state index contributed by atoms with van der Waals surface area (Å²) in [5.74, 6) is 1.46. The van der Waals surface area contributed by atoms with Gasteiger partial charge < -0.3 is 4.57 Å². The maximum atomic E-state index is 5.98. The standard InChI is InChI=1S/C12H12BrClN2/c1-12(4-5-12)16-10-6-8(13)2-3-9(10)15-11(16)7-14/h2-3,6H,4-5,7H2,1H3. The highest BCUT2D eigenvalue weighted by Gasteiger charge is 2.41. The highest BCUT2D eigenvalue weighted by atomic mass is 79.9. The van der Waals surface area contributed by atoms with Gasteiger partial charge in [0.1, 0.15) is 5.82 Å². The van der Waals surface area contributed by atoms with E-state index in [1.807, 2.05) is 12.1 Å². The largest absolute Gasteiger partial charge is 0.321 e. The fraction of sp³-hybridized carbons (Fsp3) is 0.417. The van der Waals surface area contributed by atoms with Crippen molar-refractivity contribution in [2.24, 2.45) is 0 Å². The van der Waals surface area contributed by atoms with Gasteiger partial charge in [0.05, 0.1) is 16.9 Å². The Balaban J connectivity index is 2.33. The van der Waals surface area contributed by atoms with Crippen molar-refractivity contribution in [3.05, 3.63) is 28.5 Å². The Morgan fingerprint density at radius 1 is 1.50 bits per heavy atom.